The summed E-state index contributed by atoms with van der Waals surface area (Å²) in [4.78, 5) is 18.8. The summed E-state index contributed by atoms with van der Waals surface area (Å²) in [6, 6.07) is 12.8. The lowest BCUT2D eigenvalue weighted by molar-refractivity contribution is -0.117. The van der Waals surface area contributed by atoms with Crippen LogP contribution in [0.1, 0.15) is 18.2 Å². The van der Waals surface area contributed by atoms with Crippen LogP contribution in [0.5, 0.6) is 17.2 Å². The van der Waals surface area contributed by atoms with Crippen LogP contribution in [0.3, 0.4) is 0 Å². The van der Waals surface area contributed by atoms with Crippen molar-refractivity contribution in [1.29, 1.82) is 0 Å². The fraction of sp³-hybridized carbons (Fsp3) is 0.286. The van der Waals surface area contributed by atoms with Gasteiger partial charge in [0.2, 0.25) is 17.6 Å². The first-order chi connectivity index (χ1) is 14.1. The number of hydrogen-bond donors (Lipinski definition) is 0. The predicted molar refractivity (Wildman–Crippen MR) is 106 cm³/mol. The zero-order valence-electron chi connectivity index (χ0n) is 16.4. The van der Waals surface area contributed by atoms with Crippen molar-refractivity contribution in [2.24, 2.45) is 0 Å². The topological polar surface area (TPSA) is 86.9 Å². The molecule has 3 aromatic rings. The van der Waals surface area contributed by atoms with Crippen LogP contribution >= 0.6 is 0 Å². The van der Waals surface area contributed by atoms with Crippen molar-refractivity contribution in [2.45, 2.75) is 12.3 Å². The Labute approximate surface area is 168 Å². The van der Waals surface area contributed by atoms with Gasteiger partial charge in [-0.1, -0.05) is 5.16 Å². The molecule has 0 spiro atoms. The predicted octanol–water partition coefficient (Wildman–Crippen LogP) is 3.28. The Balaban J connectivity index is 1.55. The smallest absolute Gasteiger partial charge is 0.232 e. The molecule has 0 bridgehead atoms. The van der Waals surface area contributed by atoms with E-state index < -0.39 is 0 Å². The molecule has 0 N–H and O–H groups in total. The molecule has 8 nitrogen and oxygen atoms in total. The maximum absolute atomic E-state index is 12.7. The average molecular weight is 395 g/mol. The molecular weight excluding hydrogens is 374 g/mol. The highest BCUT2D eigenvalue weighted by atomic mass is 16.5. The zero-order valence-corrected chi connectivity index (χ0v) is 16.4. The van der Waals surface area contributed by atoms with Crippen molar-refractivity contribution in [3.05, 3.63) is 48.4 Å². The van der Waals surface area contributed by atoms with E-state index in [9.17, 15) is 4.79 Å². The highest BCUT2D eigenvalue weighted by molar-refractivity contribution is 5.97. The Kier molecular flexibility index (Phi) is 5.07. The van der Waals surface area contributed by atoms with Crippen LogP contribution in [0.2, 0.25) is 0 Å². The molecule has 150 valence electrons. The van der Waals surface area contributed by atoms with Crippen LogP contribution in [0.4, 0.5) is 5.69 Å². The maximum Gasteiger partial charge on any atom is 0.232 e. The third kappa shape index (κ3) is 3.61. The summed E-state index contributed by atoms with van der Waals surface area (Å²) >= 11 is 0. The molecular formula is C21H21N3O5. The summed E-state index contributed by atoms with van der Waals surface area (Å²) in [5, 5.41) is 4.07. The van der Waals surface area contributed by atoms with Crippen molar-refractivity contribution >= 4 is 11.6 Å². The number of hydrogen-bond acceptors (Lipinski definition) is 7. The molecule has 2 aromatic carbocycles. The van der Waals surface area contributed by atoms with Crippen LogP contribution in [0.25, 0.3) is 11.4 Å². The van der Waals surface area contributed by atoms with Crippen LogP contribution in [-0.2, 0) is 4.79 Å². The van der Waals surface area contributed by atoms with Gasteiger partial charge in [0, 0.05) is 24.6 Å². The molecule has 1 unspecified atom stereocenters. The Bertz CT molecular complexity index is 1020. The van der Waals surface area contributed by atoms with Gasteiger partial charge in [0.25, 0.3) is 0 Å². The first-order valence-corrected chi connectivity index (χ1v) is 9.13. The molecule has 1 saturated heterocycles. The van der Waals surface area contributed by atoms with Crippen molar-refractivity contribution in [2.75, 3.05) is 32.8 Å². The maximum atomic E-state index is 12.7. The van der Waals surface area contributed by atoms with Crippen LogP contribution < -0.4 is 19.1 Å². The van der Waals surface area contributed by atoms with Gasteiger partial charge in [0.1, 0.15) is 17.2 Å². The van der Waals surface area contributed by atoms with Gasteiger partial charge >= 0.3 is 0 Å². The lowest BCUT2D eigenvalue weighted by atomic mass is 10.1. The van der Waals surface area contributed by atoms with Gasteiger partial charge in [-0.3, -0.25) is 4.79 Å². The third-order valence-electron chi connectivity index (χ3n) is 4.94. The van der Waals surface area contributed by atoms with Crippen LogP contribution in [0, 0.1) is 0 Å². The molecule has 0 saturated carbocycles. The van der Waals surface area contributed by atoms with Crippen molar-refractivity contribution in [3.63, 3.8) is 0 Å². The molecule has 8 heteroatoms. The Morgan fingerprint density at radius 3 is 2.41 bits per heavy atom. The second-order valence-corrected chi connectivity index (χ2v) is 6.63. The molecule has 1 amide bonds. The fourth-order valence-corrected chi connectivity index (χ4v) is 3.37. The van der Waals surface area contributed by atoms with E-state index in [4.69, 9.17) is 18.7 Å². The standard InChI is InChI=1S/C21H21N3O5/c1-26-15-6-4-13(5-7-15)20-22-21(29-23-20)14-10-19(25)24(12-14)17-9-8-16(27-2)11-18(17)28-3/h4-9,11,14H,10,12H2,1-3H3. The van der Waals surface area contributed by atoms with Gasteiger partial charge in [-0.25, -0.2) is 0 Å². The number of benzene rings is 2. The second kappa shape index (κ2) is 7.83. The van der Waals surface area contributed by atoms with Gasteiger partial charge in [0.15, 0.2) is 0 Å². The van der Waals surface area contributed by atoms with Gasteiger partial charge in [-0.05, 0) is 36.4 Å². The summed E-state index contributed by atoms with van der Waals surface area (Å²) in [5.41, 5.74) is 1.51. The SMILES string of the molecule is COc1ccc(-c2noc(C3CC(=O)N(c4ccc(OC)cc4OC)C3)n2)cc1. The number of amides is 1. The molecule has 1 aliphatic rings. The summed E-state index contributed by atoms with van der Waals surface area (Å²) < 4.78 is 21.3. The lowest BCUT2D eigenvalue weighted by Crippen LogP contribution is -2.24. The molecule has 1 aromatic heterocycles. The van der Waals surface area contributed by atoms with E-state index in [1.807, 2.05) is 30.3 Å². The summed E-state index contributed by atoms with van der Waals surface area (Å²) in [6.45, 7) is 0.436. The second-order valence-electron chi connectivity index (χ2n) is 6.63. The number of ether oxygens (including phenoxy) is 3. The zero-order chi connectivity index (χ0) is 20.4. The van der Waals surface area contributed by atoms with E-state index in [1.165, 1.54) is 0 Å². The van der Waals surface area contributed by atoms with Crippen molar-refractivity contribution < 1.29 is 23.5 Å². The normalized spacial score (nSPS) is 16.2. The van der Waals surface area contributed by atoms with Crippen molar-refractivity contribution in [3.8, 4) is 28.6 Å². The fourth-order valence-electron chi connectivity index (χ4n) is 3.37. The van der Waals surface area contributed by atoms with E-state index in [0.717, 1.165) is 11.3 Å². The largest absolute Gasteiger partial charge is 0.497 e. The monoisotopic (exact) mass is 395 g/mol. The minimum absolute atomic E-state index is 0.0253. The number of methoxy groups -OCH3 is 3. The number of nitrogens with zero attached hydrogens (tertiary/aromatic N) is 3. The highest BCUT2D eigenvalue weighted by Gasteiger charge is 2.36. The average Bonchev–Trinajstić information content (AvgIpc) is 3.40. The molecule has 1 atom stereocenters. The molecule has 4 rings (SSSR count). The number of carbonyl (C=O) groups is 1. The Morgan fingerprint density at radius 2 is 1.72 bits per heavy atom. The quantitative estimate of drug-likeness (QED) is 0.633. The number of aromatic nitrogens is 2. The van der Waals surface area contributed by atoms with Crippen LogP contribution in [-0.4, -0.2) is 43.9 Å². The first-order valence-electron chi connectivity index (χ1n) is 9.13. The van der Waals surface area contributed by atoms with E-state index in [2.05, 4.69) is 10.1 Å². The third-order valence-corrected chi connectivity index (χ3v) is 4.94. The van der Waals surface area contributed by atoms with E-state index in [0.29, 0.717) is 41.9 Å². The molecule has 1 aliphatic heterocycles. The minimum atomic E-state index is -0.186. The molecule has 1 fully saturated rings. The van der Waals surface area contributed by atoms with Gasteiger partial charge < -0.3 is 23.6 Å². The number of rotatable bonds is 6. The summed E-state index contributed by atoms with van der Waals surface area (Å²) in [7, 11) is 4.76. The number of anilines is 1. The lowest BCUT2D eigenvalue weighted by Gasteiger charge is -2.19. The van der Waals surface area contributed by atoms with Gasteiger partial charge in [0.05, 0.1) is 32.9 Å². The summed E-state index contributed by atoms with van der Waals surface area (Å²) in [6.07, 6.45) is 0.291. The molecule has 0 aliphatic carbocycles. The Morgan fingerprint density at radius 1 is 1.00 bits per heavy atom. The minimum Gasteiger partial charge on any atom is -0.497 e. The number of carbonyl (C=O) groups excluding carboxylic acids is 1. The van der Waals surface area contributed by atoms with E-state index in [-0.39, 0.29) is 11.8 Å². The van der Waals surface area contributed by atoms with Gasteiger partial charge in [-0.15, -0.1) is 0 Å². The Hall–Kier alpha value is -3.55. The summed E-state index contributed by atoms with van der Waals surface area (Å²) in [5.74, 6) is 2.70. The van der Waals surface area contributed by atoms with Crippen LogP contribution in [0.15, 0.2) is 47.0 Å². The molecule has 2 heterocycles. The highest BCUT2D eigenvalue weighted by Crippen LogP contribution is 2.38. The van der Waals surface area contributed by atoms with E-state index in [1.54, 1.807) is 38.4 Å². The molecule has 0 radical (unpaired) electrons. The van der Waals surface area contributed by atoms with Gasteiger partial charge in [-0.2, -0.15) is 4.98 Å². The molecule has 29 heavy (non-hydrogen) atoms. The first kappa shape index (κ1) is 18.8. The van der Waals surface area contributed by atoms with E-state index >= 15 is 0 Å². The van der Waals surface area contributed by atoms with Crippen molar-refractivity contribution in [1.82, 2.24) is 10.1 Å².